The van der Waals surface area contributed by atoms with E-state index in [9.17, 15) is 4.79 Å². The van der Waals surface area contributed by atoms with Crippen LogP contribution < -0.4 is 9.47 Å². The molecule has 1 aromatic heterocycles. The zero-order valence-electron chi connectivity index (χ0n) is 9.46. The summed E-state index contributed by atoms with van der Waals surface area (Å²) in [6.45, 7) is 0.244. The topological polar surface area (TPSA) is 48.7 Å². The number of rotatable bonds is 3. The Bertz CT molecular complexity index is 596. The molecule has 4 heteroatoms. The number of furan rings is 1. The summed E-state index contributed by atoms with van der Waals surface area (Å²) in [6, 6.07) is 8.82. The molecular weight excluding hydrogens is 232 g/mol. The summed E-state index contributed by atoms with van der Waals surface area (Å²) in [4.78, 5) is 11.7. The molecule has 0 saturated heterocycles. The fourth-order valence-electron chi connectivity index (χ4n) is 1.69. The molecule has 0 spiro atoms. The number of hydrogen-bond donors (Lipinski definition) is 0. The summed E-state index contributed by atoms with van der Waals surface area (Å²) in [5, 5.41) is 0. The van der Waals surface area contributed by atoms with E-state index in [-0.39, 0.29) is 12.6 Å². The lowest BCUT2D eigenvalue weighted by atomic mass is 10.1. The van der Waals surface area contributed by atoms with Gasteiger partial charge in [-0.05, 0) is 35.9 Å². The summed E-state index contributed by atoms with van der Waals surface area (Å²) in [6.07, 6.45) is 4.66. The molecule has 0 unspecified atom stereocenters. The highest BCUT2D eigenvalue weighted by Crippen LogP contribution is 2.32. The summed E-state index contributed by atoms with van der Waals surface area (Å²) >= 11 is 0. The first-order valence-electron chi connectivity index (χ1n) is 5.48. The van der Waals surface area contributed by atoms with Gasteiger partial charge in [0.05, 0.1) is 6.26 Å². The molecular formula is C14H10O4. The predicted octanol–water partition coefficient (Wildman–Crippen LogP) is 2.90. The Hall–Kier alpha value is -2.49. The second-order valence-corrected chi connectivity index (χ2v) is 3.79. The Morgan fingerprint density at radius 2 is 2.06 bits per heavy atom. The van der Waals surface area contributed by atoms with Crippen molar-refractivity contribution in [1.29, 1.82) is 0 Å². The SMILES string of the molecule is O=C(C=Cc1ccc2c(c1)OCO2)c1ccco1. The number of fused-ring (bicyclic) bond motifs is 1. The van der Waals surface area contributed by atoms with Crippen LogP contribution in [0.2, 0.25) is 0 Å². The number of benzene rings is 1. The summed E-state index contributed by atoms with van der Waals surface area (Å²) < 4.78 is 15.5. The number of allylic oxidation sites excluding steroid dienone is 1. The lowest BCUT2D eigenvalue weighted by Gasteiger charge is -1.97. The van der Waals surface area contributed by atoms with E-state index in [1.807, 2.05) is 18.2 Å². The van der Waals surface area contributed by atoms with Crippen molar-refractivity contribution in [3.8, 4) is 11.5 Å². The van der Waals surface area contributed by atoms with E-state index in [2.05, 4.69) is 0 Å². The molecule has 18 heavy (non-hydrogen) atoms. The molecule has 4 nitrogen and oxygen atoms in total. The molecule has 0 bridgehead atoms. The van der Waals surface area contributed by atoms with Crippen molar-refractivity contribution in [2.45, 2.75) is 0 Å². The van der Waals surface area contributed by atoms with E-state index in [4.69, 9.17) is 13.9 Å². The van der Waals surface area contributed by atoms with Crippen molar-refractivity contribution < 1.29 is 18.7 Å². The minimum atomic E-state index is -0.169. The Labute approximate surface area is 103 Å². The Morgan fingerprint density at radius 1 is 1.17 bits per heavy atom. The molecule has 0 radical (unpaired) electrons. The molecule has 0 saturated carbocycles. The van der Waals surface area contributed by atoms with E-state index in [0.29, 0.717) is 11.5 Å². The van der Waals surface area contributed by atoms with Gasteiger partial charge in [0.15, 0.2) is 17.3 Å². The molecule has 0 amide bonds. The molecule has 1 aliphatic rings. The monoisotopic (exact) mass is 242 g/mol. The van der Waals surface area contributed by atoms with Crippen LogP contribution in [0.25, 0.3) is 6.08 Å². The van der Waals surface area contributed by atoms with Gasteiger partial charge >= 0.3 is 0 Å². The largest absolute Gasteiger partial charge is 0.461 e. The maximum absolute atomic E-state index is 11.7. The van der Waals surface area contributed by atoms with E-state index in [1.165, 1.54) is 12.3 Å². The summed E-state index contributed by atoms with van der Waals surface area (Å²) in [7, 11) is 0. The molecule has 3 rings (SSSR count). The van der Waals surface area contributed by atoms with E-state index >= 15 is 0 Å². The van der Waals surface area contributed by atoms with Gasteiger partial charge in [0, 0.05) is 0 Å². The average molecular weight is 242 g/mol. The van der Waals surface area contributed by atoms with Crippen LogP contribution in [0.1, 0.15) is 16.1 Å². The minimum absolute atomic E-state index is 0.169. The second-order valence-electron chi connectivity index (χ2n) is 3.79. The smallest absolute Gasteiger partial charge is 0.231 e. The van der Waals surface area contributed by atoms with Gasteiger partial charge < -0.3 is 13.9 Å². The molecule has 1 aromatic carbocycles. The van der Waals surface area contributed by atoms with Gasteiger partial charge in [-0.25, -0.2) is 0 Å². The second kappa shape index (κ2) is 4.41. The van der Waals surface area contributed by atoms with Gasteiger partial charge in [-0.15, -0.1) is 0 Å². The number of hydrogen-bond acceptors (Lipinski definition) is 4. The normalized spacial score (nSPS) is 13.1. The van der Waals surface area contributed by atoms with Crippen LogP contribution in [0.15, 0.2) is 47.1 Å². The third-order valence-electron chi connectivity index (χ3n) is 2.59. The fraction of sp³-hybridized carbons (Fsp3) is 0.0714. The molecule has 0 atom stereocenters. The van der Waals surface area contributed by atoms with Crippen LogP contribution in [0.4, 0.5) is 0 Å². The Balaban J connectivity index is 1.78. The van der Waals surface area contributed by atoms with Gasteiger partial charge in [-0.2, -0.15) is 0 Å². The average Bonchev–Trinajstić information content (AvgIpc) is 3.05. The fourth-order valence-corrected chi connectivity index (χ4v) is 1.69. The lowest BCUT2D eigenvalue weighted by Crippen LogP contribution is -1.92. The lowest BCUT2D eigenvalue weighted by molar-refractivity contribution is 0.102. The highest BCUT2D eigenvalue weighted by molar-refractivity contribution is 6.04. The molecule has 90 valence electrons. The van der Waals surface area contributed by atoms with Crippen LogP contribution in [-0.4, -0.2) is 12.6 Å². The van der Waals surface area contributed by atoms with Crippen molar-refractivity contribution >= 4 is 11.9 Å². The zero-order chi connectivity index (χ0) is 12.4. The molecule has 0 fully saturated rings. The summed E-state index contributed by atoms with van der Waals surface area (Å²) in [5.74, 6) is 1.58. The number of carbonyl (C=O) groups excluding carboxylic acids is 1. The molecule has 0 aliphatic carbocycles. The van der Waals surface area contributed by atoms with Crippen molar-refractivity contribution in [3.63, 3.8) is 0 Å². The number of ether oxygens (including phenoxy) is 2. The standard InChI is InChI=1S/C14H10O4/c15-11(12-2-1-7-16-12)5-3-10-4-6-13-14(8-10)18-9-17-13/h1-8H,9H2. The van der Waals surface area contributed by atoms with Crippen molar-refractivity contribution in [1.82, 2.24) is 0 Å². The zero-order valence-corrected chi connectivity index (χ0v) is 9.46. The quantitative estimate of drug-likeness (QED) is 0.613. The van der Waals surface area contributed by atoms with Crippen molar-refractivity contribution in [2.24, 2.45) is 0 Å². The number of ketones is 1. The van der Waals surface area contributed by atoms with Gasteiger partial charge in [-0.3, -0.25) is 4.79 Å². The van der Waals surface area contributed by atoms with Crippen molar-refractivity contribution in [3.05, 3.63) is 54.0 Å². The van der Waals surface area contributed by atoms with Gasteiger partial charge in [0.1, 0.15) is 0 Å². The minimum Gasteiger partial charge on any atom is -0.461 e. The molecule has 2 heterocycles. The highest BCUT2D eigenvalue weighted by atomic mass is 16.7. The van der Waals surface area contributed by atoms with E-state index in [0.717, 1.165) is 11.3 Å². The predicted molar refractivity (Wildman–Crippen MR) is 64.6 cm³/mol. The molecule has 2 aromatic rings. The van der Waals surface area contributed by atoms with Gasteiger partial charge in [0.25, 0.3) is 0 Å². The van der Waals surface area contributed by atoms with Crippen molar-refractivity contribution in [2.75, 3.05) is 6.79 Å². The van der Waals surface area contributed by atoms with Crippen LogP contribution in [0, 0.1) is 0 Å². The first-order chi connectivity index (χ1) is 8.83. The van der Waals surface area contributed by atoms with Crippen LogP contribution in [-0.2, 0) is 0 Å². The van der Waals surface area contributed by atoms with Crippen LogP contribution >= 0.6 is 0 Å². The summed E-state index contributed by atoms with van der Waals surface area (Å²) in [5.41, 5.74) is 0.874. The third-order valence-corrected chi connectivity index (χ3v) is 2.59. The Morgan fingerprint density at radius 3 is 2.89 bits per heavy atom. The molecule has 1 aliphatic heterocycles. The maximum atomic E-state index is 11.7. The third kappa shape index (κ3) is 2.00. The van der Waals surface area contributed by atoms with Crippen LogP contribution in [0.3, 0.4) is 0 Å². The first-order valence-corrected chi connectivity index (χ1v) is 5.48. The molecule has 0 N–H and O–H groups in total. The maximum Gasteiger partial charge on any atom is 0.231 e. The number of carbonyl (C=O) groups is 1. The van der Waals surface area contributed by atoms with Gasteiger partial charge in [-0.1, -0.05) is 12.1 Å². The first kappa shape index (κ1) is 10.7. The highest BCUT2D eigenvalue weighted by Gasteiger charge is 2.12. The Kier molecular flexibility index (Phi) is 2.61. The van der Waals surface area contributed by atoms with E-state index < -0.39 is 0 Å². The van der Waals surface area contributed by atoms with Gasteiger partial charge in [0.2, 0.25) is 12.6 Å². The van der Waals surface area contributed by atoms with Crippen LogP contribution in [0.5, 0.6) is 11.5 Å². The van der Waals surface area contributed by atoms with E-state index in [1.54, 1.807) is 18.2 Å².